The molecule has 1 saturated carbocycles. The van der Waals surface area contributed by atoms with Crippen LogP contribution in [0.3, 0.4) is 0 Å². The van der Waals surface area contributed by atoms with E-state index in [1.54, 1.807) is 0 Å². The second-order valence-electron chi connectivity index (χ2n) is 4.65. The number of aliphatic hydroxyl groups is 1. The van der Waals surface area contributed by atoms with E-state index in [0.717, 1.165) is 24.9 Å². The van der Waals surface area contributed by atoms with Gasteiger partial charge >= 0.3 is 0 Å². The van der Waals surface area contributed by atoms with E-state index in [1.165, 1.54) is 25.7 Å². The highest BCUT2D eigenvalue weighted by Crippen LogP contribution is 2.27. The molecule has 0 radical (unpaired) electrons. The van der Waals surface area contributed by atoms with Crippen LogP contribution >= 0.6 is 0 Å². The highest BCUT2D eigenvalue weighted by atomic mass is 16.3. The van der Waals surface area contributed by atoms with Crippen LogP contribution in [0.1, 0.15) is 39.5 Å². The van der Waals surface area contributed by atoms with Crippen molar-refractivity contribution in [2.45, 2.75) is 45.6 Å². The van der Waals surface area contributed by atoms with Gasteiger partial charge in [-0.05, 0) is 38.1 Å². The Morgan fingerprint density at radius 1 is 1.46 bits per heavy atom. The van der Waals surface area contributed by atoms with Gasteiger partial charge in [0.25, 0.3) is 0 Å². The Morgan fingerprint density at radius 2 is 2.23 bits per heavy atom. The molecule has 0 aromatic carbocycles. The molecule has 0 heterocycles. The number of nitrogens with one attached hydrogen (secondary N) is 1. The van der Waals surface area contributed by atoms with Crippen LogP contribution in [-0.2, 0) is 0 Å². The molecule has 78 valence electrons. The summed E-state index contributed by atoms with van der Waals surface area (Å²) in [5.41, 5.74) is 0. The average Bonchev–Trinajstić information content (AvgIpc) is 2.03. The molecule has 2 unspecified atom stereocenters. The molecule has 1 fully saturated rings. The van der Waals surface area contributed by atoms with E-state index in [9.17, 15) is 0 Å². The Bertz CT molecular complexity index is 136. The first-order valence-corrected chi connectivity index (χ1v) is 5.57. The molecule has 2 nitrogen and oxygen atoms in total. The first kappa shape index (κ1) is 11.0. The van der Waals surface area contributed by atoms with E-state index in [0.29, 0.717) is 0 Å². The fourth-order valence-corrected chi connectivity index (χ4v) is 2.24. The lowest BCUT2D eigenvalue weighted by molar-refractivity contribution is 0.184. The Balaban J connectivity index is 2.06. The van der Waals surface area contributed by atoms with Crippen molar-refractivity contribution >= 4 is 0 Å². The van der Waals surface area contributed by atoms with Crippen molar-refractivity contribution in [3.63, 3.8) is 0 Å². The third kappa shape index (κ3) is 4.63. The summed E-state index contributed by atoms with van der Waals surface area (Å²) < 4.78 is 0. The van der Waals surface area contributed by atoms with E-state index in [1.807, 2.05) is 6.92 Å². The largest absolute Gasteiger partial charge is 0.392 e. The third-order valence-electron chi connectivity index (χ3n) is 2.92. The molecule has 2 N–H and O–H groups in total. The summed E-state index contributed by atoms with van der Waals surface area (Å²) in [7, 11) is 0. The summed E-state index contributed by atoms with van der Waals surface area (Å²) in [4.78, 5) is 0. The molecule has 0 amide bonds. The maximum absolute atomic E-state index is 9.07. The molecule has 0 spiro atoms. The predicted octanol–water partition coefficient (Wildman–Crippen LogP) is 1.78. The molecule has 0 bridgehead atoms. The van der Waals surface area contributed by atoms with Crippen LogP contribution in [0.15, 0.2) is 0 Å². The van der Waals surface area contributed by atoms with Crippen molar-refractivity contribution < 1.29 is 5.11 Å². The third-order valence-corrected chi connectivity index (χ3v) is 2.92. The van der Waals surface area contributed by atoms with Crippen molar-refractivity contribution in [3.8, 4) is 0 Å². The topological polar surface area (TPSA) is 32.3 Å². The van der Waals surface area contributed by atoms with Gasteiger partial charge in [-0.1, -0.05) is 19.8 Å². The second-order valence-corrected chi connectivity index (χ2v) is 4.65. The summed E-state index contributed by atoms with van der Waals surface area (Å²) in [5.74, 6) is 1.76. The van der Waals surface area contributed by atoms with Crippen molar-refractivity contribution in [1.82, 2.24) is 5.32 Å². The summed E-state index contributed by atoms with van der Waals surface area (Å²) in [6.07, 6.45) is 5.33. The number of hydrogen-bond acceptors (Lipinski definition) is 2. The molecule has 3 atom stereocenters. The van der Waals surface area contributed by atoms with Crippen LogP contribution in [0.25, 0.3) is 0 Å². The summed E-state index contributed by atoms with van der Waals surface area (Å²) in [5, 5.41) is 12.4. The van der Waals surface area contributed by atoms with Crippen molar-refractivity contribution in [3.05, 3.63) is 0 Å². The van der Waals surface area contributed by atoms with Gasteiger partial charge in [0.05, 0.1) is 6.10 Å². The maximum atomic E-state index is 9.07. The molecule has 0 aliphatic heterocycles. The molecule has 2 heteroatoms. The number of aliphatic hydroxyl groups excluding tert-OH is 1. The van der Waals surface area contributed by atoms with E-state index < -0.39 is 0 Å². The lowest BCUT2D eigenvalue weighted by Gasteiger charge is -2.27. The van der Waals surface area contributed by atoms with Crippen LogP contribution in [-0.4, -0.2) is 24.3 Å². The van der Waals surface area contributed by atoms with E-state index in [4.69, 9.17) is 5.11 Å². The van der Waals surface area contributed by atoms with E-state index in [2.05, 4.69) is 12.2 Å². The Hall–Kier alpha value is -0.0800. The molecule has 1 aliphatic carbocycles. The van der Waals surface area contributed by atoms with Gasteiger partial charge < -0.3 is 10.4 Å². The highest BCUT2D eigenvalue weighted by Gasteiger charge is 2.18. The monoisotopic (exact) mass is 185 g/mol. The Labute approximate surface area is 81.7 Å². The van der Waals surface area contributed by atoms with Crippen LogP contribution < -0.4 is 5.32 Å². The molecular formula is C11H23NO. The van der Waals surface area contributed by atoms with Gasteiger partial charge in [0.15, 0.2) is 0 Å². The van der Waals surface area contributed by atoms with E-state index in [-0.39, 0.29) is 6.10 Å². The SMILES string of the molecule is CC1CCCC(CNC[C@@H](C)O)C1. The minimum atomic E-state index is -0.207. The zero-order chi connectivity index (χ0) is 9.68. The van der Waals surface area contributed by atoms with Gasteiger partial charge in [-0.3, -0.25) is 0 Å². The Morgan fingerprint density at radius 3 is 2.85 bits per heavy atom. The van der Waals surface area contributed by atoms with Gasteiger partial charge in [0.2, 0.25) is 0 Å². The maximum Gasteiger partial charge on any atom is 0.0636 e. The molecule has 0 aromatic heterocycles. The fraction of sp³-hybridized carbons (Fsp3) is 1.00. The lowest BCUT2D eigenvalue weighted by Crippen LogP contribution is -2.31. The van der Waals surface area contributed by atoms with Gasteiger partial charge in [0.1, 0.15) is 0 Å². The van der Waals surface area contributed by atoms with Crippen LogP contribution in [0.5, 0.6) is 0 Å². The predicted molar refractivity (Wildman–Crippen MR) is 55.7 cm³/mol. The minimum absolute atomic E-state index is 0.207. The second kappa shape index (κ2) is 5.61. The van der Waals surface area contributed by atoms with Gasteiger partial charge in [-0.2, -0.15) is 0 Å². The fourth-order valence-electron chi connectivity index (χ4n) is 2.24. The summed E-state index contributed by atoms with van der Waals surface area (Å²) in [6, 6.07) is 0. The number of hydrogen-bond donors (Lipinski definition) is 2. The first-order chi connectivity index (χ1) is 6.18. The molecule has 13 heavy (non-hydrogen) atoms. The molecule has 1 rings (SSSR count). The van der Waals surface area contributed by atoms with Crippen molar-refractivity contribution in [1.29, 1.82) is 0 Å². The molecule has 1 aliphatic rings. The zero-order valence-electron chi connectivity index (χ0n) is 8.92. The normalized spacial score (nSPS) is 31.6. The summed E-state index contributed by atoms with van der Waals surface area (Å²) in [6.45, 7) is 6.01. The van der Waals surface area contributed by atoms with Crippen LogP contribution in [0, 0.1) is 11.8 Å². The highest BCUT2D eigenvalue weighted by molar-refractivity contribution is 4.72. The quantitative estimate of drug-likeness (QED) is 0.700. The lowest BCUT2D eigenvalue weighted by atomic mass is 9.82. The smallest absolute Gasteiger partial charge is 0.0636 e. The van der Waals surface area contributed by atoms with Gasteiger partial charge in [0, 0.05) is 6.54 Å². The summed E-state index contributed by atoms with van der Waals surface area (Å²) >= 11 is 0. The van der Waals surface area contributed by atoms with Crippen molar-refractivity contribution in [2.24, 2.45) is 11.8 Å². The first-order valence-electron chi connectivity index (χ1n) is 5.57. The van der Waals surface area contributed by atoms with Gasteiger partial charge in [-0.15, -0.1) is 0 Å². The van der Waals surface area contributed by atoms with Crippen molar-refractivity contribution in [2.75, 3.05) is 13.1 Å². The zero-order valence-corrected chi connectivity index (χ0v) is 8.92. The molecular weight excluding hydrogens is 162 g/mol. The van der Waals surface area contributed by atoms with Crippen LogP contribution in [0.4, 0.5) is 0 Å². The molecule has 0 aromatic rings. The van der Waals surface area contributed by atoms with Crippen LogP contribution in [0.2, 0.25) is 0 Å². The standard InChI is InChI=1S/C11H23NO/c1-9-4-3-5-11(6-9)8-12-7-10(2)13/h9-13H,3-8H2,1-2H3/t9?,10-,11?/m1/s1. The average molecular weight is 185 g/mol. The van der Waals surface area contributed by atoms with Gasteiger partial charge in [-0.25, -0.2) is 0 Å². The number of rotatable bonds is 4. The Kier molecular flexibility index (Phi) is 4.74. The molecule has 0 saturated heterocycles. The minimum Gasteiger partial charge on any atom is -0.392 e. The van der Waals surface area contributed by atoms with E-state index >= 15 is 0 Å².